The summed E-state index contributed by atoms with van der Waals surface area (Å²) < 4.78 is 13.3. The third-order valence-corrected chi connectivity index (χ3v) is 1.32. The van der Waals surface area contributed by atoms with E-state index in [9.17, 15) is 4.57 Å². The van der Waals surface area contributed by atoms with Crippen molar-refractivity contribution in [3.05, 3.63) is 0 Å². The van der Waals surface area contributed by atoms with Crippen LogP contribution in [0.3, 0.4) is 0 Å². The highest BCUT2D eigenvalue weighted by Crippen LogP contribution is 2.40. The molecule has 0 aliphatic heterocycles. The maximum absolute atomic E-state index is 9.69. The van der Waals surface area contributed by atoms with Gasteiger partial charge < -0.3 is 9.79 Å². The number of hydrogen-bond donors (Lipinski definition) is 2. The van der Waals surface area contributed by atoms with E-state index < -0.39 is 7.82 Å². The number of phosphoric acid groups is 1. The maximum atomic E-state index is 9.69. The molecule has 0 heterocycles. The first-order valence-electron chi connectivity index (χ1n) is 1.36. The summed E-state index contributed by atoms with van der Waals surface area (Å²) in [4.78, 5) is 15.7. The van der Waals surface area contributed by atoms with Gasteiger partial charge in [-0.2, -0.15) is 9.23 Å². The van der Waals surface area contributed by atoms with Crippen molar-refractivity contribution in [2.24, 2.45) is 0 Å². The fraction of sp³-hybridized carbons (Fsp3) is 0. The number of thiocyanates is 1. The summed E-state index contributed by atoms with van der Waals surface area (Å²) in [6.45, 7) is 0. The molecule has 0 rings (SSSR count). The minimum atomic E-state index is -4.44. The van der Waals surface area contributed by atoms with Gasteiger partial charge in [0.25, 0.3) is 0 Å². The van der Waals surface area contributed by atoms with E-state index in [1.807, 2.05) is 0 Å². The van der Waals surface area contributed by atoms with Gasteiger partial charge in [-0.1, -0.05) is 0 Å². The molecule has 0 saturated heterocycles. The van der Waals surface area contributed by atoms with Gasteiger partial charge in [0, 0.05) is 0 Å². The Morgan fingerprint density at radius 3 is 2.38 bits per heavy atom. The second-order valence-electron chi connectivity index (χ2n) is 0.740. The first-order valence-corrected chi connectivity index (χ1v) is 3.63. The predicted molar refractivity (Wildman–Crippen MR) is 26.3 cm³/mol. The van der Waals surface area contributed by atoms with Crippen LogP contribution in [0.1, 0.15) is 0 Å². The van der Waals surface area contributed by atoms with Crippen LogP contribution in [0, 0.1) is 10.7 Å². The summed E-state index contributed by atoms with van der Waals surface area (Å²) in [5.41, 5.74) is 0. The first-order chi connectivity index (χ1) is 3.56. The predicted octanol–water partition coefficient (Wildman–Crippen LogP) is 0.225. The molecular weight excluding hydrogens is 153 g/mol. The van der Waals surface area contributed by atoms with Crippen LogP contribution in [0.2, 0.25) is 0 Å². The normalized spacial score (nSPS) is 10.6. The van der Waals surface area contributed by atoms with Crippen LogP contribution in [0.4, 0.5) is 0 Å². The van der Waals surface area contributed by atoms with E-state index in [0.29, 0.717) is 0 Å². The molecule has 0 unspecified atom stereocenters. The molecular formula is CH2NO4PS. The fourth-order valence-corrected chi connectivity index (χ4v) is 0.587. The van der Waals surface area contributed by atoms with Crippen LogP contribution in [0.5, 0.6) is 0 Å². The SMILES string of the molecule is N#CSOP(=O)(O)O. The molecule has 0 bridgehead atoms. The van der Waals surface area contributed by atoms with Gasteiger partial charge in [0.05, 0.1) is 0 Å². The van der Waals surface area contributed by atoms with Crippen LogP contribution in [-0.2, 0) is 8.54 Å². The lowest BCUT2D eigenvalue weighted by atomic mass is 11.8. The summed E-state index contributed by atoms with van der Waals surface area (Å²) in [7, 11) is -4.44. The number of hydrogen-bond acceptors (Lipinski definition) is 4. The molecule has 46 valence electrons. The Bertz CT molecular complexity index is 145. The lowest BCUT2D eigenvalue weighted by Crippen LogP contribution is -1.74. The van der Waals surface area contributed by atoms with E-state index in [4.69, 9.17) is 15.0 Å². The molecule has 0 spiro atoms. The number of nitriles is 1. The average molecular weight is 155 g/mol. The molecule has 0 amide bonds. The zero-order chi connectivity index (χ0) is 6.62. The highest BCUT2D eigenvalue weighted by molar-refractivity contribution is 8.02. The van der Waals surface area contributed by atoms with Crippen molar-refractivity contribution >= 4 is 19.9 Å². The first kappa shape index (κ1) is 7.95. The van der Waals surface area contributed by atoms with Crippen LogP contribution >= 0.6 is 19.9 Å². The Morgan fingerprint density at radius 1 is 1.75 bits per heavy atom. The summed E-state index contributed by atoms with van der Waals surface area (Å²) >= 11 is 0.0575. The lowest BCUT2D eigenvalue weighted by Gasteiger charge is -1.94. The Hall–Kier alpha value is -0.0500. The minimum absolute atomic E-state index is 0.0575. The van der Waals surface area contributed by atoms with Gasteiger partial charge in [0.1, 0.15) is 12.0 Å². The van der Waals surface area contributed by atoms with Gasteiger partial charge in [-0.3, -0.25) is 0 Å². The smallest absolute Gasteiger partial charge is 0.302 e. The van der Waals surface area contributed by atoms with E-state index >= 15 is 0 Å². The van der Waals surface area contributed by atoms with Gasteiger partial charge in [0.15, 0.2) is 5.40 Å². The van der Waals surface area contributed by atoms with E-state index in [1.54, 1.807) is 0 Å². The minimum Gasteiger partial charge on any atom is -0.302 e. The molecule has 8 heavy (non-hydrogen) atoms. The van der Waals surface area contributed by atoms with Crippen molar-refractivity contribution in [1.29, 1.82) is 5.26 Å². The molecule has 7 heteroatoms. The molecule has 0 saturated carbocycles. The monoisotopic (exact) mass is 155 g/mol. The van der Waals surface area contributed by atoms with Crippen LogP contribution < -0.4 is 0 Å². The number of rotatable bonds is 2. The summed E-state index contributed by atoms with van der Waals surface area (Å²) in [5, 5.41) is 9.00. The maximum Gasteiger partial charge on any atom is 0.481 e. The third-order valence-electron chi connectivity index (χ3n) is 0.172. The van der Waals surface area contributed by atoms with Gasteiger partial charge in [0.2, 0.25) is 0 Å². The Kier molecular flexibility index (Phi) is 3.05. The average Bonchev–Trinajstić information content (AvgIpc) is 1.59. The molecule has 0 aromatic heterocycles. The van der Waals surface area contributed by atoms with Crippen LogP contribution in [0.15, 0.2) is 0 Å². The summed E-state index contributed by atoms with van der Waals surface area (Å²) in [5.74, 6) is 0. The van der Waals surface area contributed by atoms with Crippen molar-refractivity contribution in [3.63, 3.8) is 0 Å². The van der Waals surface area contributed by atoms with E-state index in [1.165, 1.54) is 5.40 Å². The van der Waals surface area contributed by atoms with Gasteiger partial charge in [-0.25, -0.2) is 4.57 Å². The quantitative estimate of drug-likeness (QED) is 0.337. The van der Waals surface area contributed by atoms with Crippen LogP contribution in [-0.4, -0.2) is 9.79 Å². The second-order valence-corrected chi connectivity index (χ2v) is 2.67. The van der Waals surface area contributed by atoms with Crippen molar-refractivity contribution in [1.82, 2.24) is 0 Å². The lowest BCUT2D eigenvalue weighted by molar-refractivity contribution is 0.299. The third kappa shape index (κ3) is 5.95. The summed E-state index contributed by atoms with van der Waals surface area (Å²) in [6, 6.07) is 0. The molecule has 2 N–H and O–H groups in total. The summed E-state index contributed by atoms with van der Waals surface area (Å²) in [6.07, 6.45) is 0. The highest BCUT2D eigenvalue weighted by Gasteiger charge is 2.13. The Balaban J connectivity index is 3.45. The standard InChI is InChI=1S/CH2NO4PS/c2-1-8-6-7(3,4)5/h(H2,3,4,5). The zero-order valence-corrected chi connectivity index (χ0v) is 5.22. The van der Waals surface area contributed by atoms with Crippen LogP contribution in [0.25, 0.3) is 0 Å². The molecule has 0 atom stereocenters. The largest absolute Gasteiger partial charge is 0.481 e. The molecule has 0 aromatic carbocycles. The fourth-order valence-electron chi connectivity index (χ4n) is 0.0652. The van der Waals surface area contributed by atoms with Gasteiger partial charge >= 0.3 is 7.82 Å². The van der Waals surface area contributed by atoms with Crippen molar-refractivity contribution in [2.75, 3.05) is 0 Å². The van der Waals surface area contributed by atoms with E-state index in [-0.39, 0.29) is 12.0 Å². The van der Waals surface area contributed by atoms with E-state index in [0.717, 1.165) is 0 Å². The zero-order valence-electron chi connectivity index (χ0n) is 3.51. The molecule has 0 aliphatic carbocycles. The van der Waals surface area contributed by atoms with E-state index in [2.05, 4.69) is 3.97 Å². The number of nitrogens with zero attached hydrogens (tertiary/aromatic N) is 1. The van der Waals surface area contributed by atoms with Gasteiger partial charge in [-0.05, 0) is 0 Å². The topological polar surface area (TPSA) is 90.5 Å². The molecule has 0 fully saturated rings. The molecule has 0 aliphatic rings. The van der Waals surface area contributed by atoms with Crippen molar-refractivity contribution in [3.8, 4) is 5.40 Å². The molecule has 0 radical (unpaired) electrons. The molecule has 5 nitrogen and oxygen atoms in total. The highest BCUT2D eigenvalue weighted by atomic mass is 32.2. The molecule has 0 aromatic rings. The van der Waals surface area contributed by atoms with Gasteiger partial charge in [-0.15, -0.1) is 0 Å². The van der Waals surface area contributed by atoms with Crippen molar-refractivity contribution < 1.29 is 18.3 Å². The Labute approximate surface area is 49.7 Å². The Morgan fingerprint density at radius 2 is 2.25 bits per heavy atom. The van der Waals surface area contributed by atoms with Crippen molar-refractivity contribution in [2.45, 2.75) is 0 Å². The second kappa shape index (κ2) is 3.07.